The third-order valence-corrected chi connectivity index (χ3v) is 12.0. The Morgan fingerprint density at radius 2 is 0.951 bits per heavy atom. The van der Waals surface area contributed by atoms with Gasteiger partial charge < -0.3 is 9.13 Å². The molecule has 0 N–H and O–H groups in total. The van der Waals surface area contributed by atoms with Crippen LogP contribution in [0.2, 0.25) is 0 Å². The molecule has 0 aliphatic heterocycles. The Bertz CT molecular complexity index is 3730. The third kappa shape index (κ3) is 5.33. The second-order valence-corrected chi connectivity index (χ2v) is 15.8. The molecular weight excluding hydrogens is 747 g/mol. The summed E-state index contributed by atoms with van der Waals surface area (Å²) in [4.78, 5) is 19.8. The average Bonchev–Trinajstić information content (AvgIpc) is 3.93. The van der Waals surface area contributed by atoms with Crippen molar-refractivity contribution in [2.24, 2.45) is 0 Å². The van der Waals surface area contributed by atoms with Crippen molar-refractivity contribution in [3.63, 3.8) is 0 Å². The molecule has 0 atom stereocenters. The van der Waals surface area contributed by atoms with E-state index in [2.05, 4.69) is 160 Å². The summed E-state index contributed by atoms with van der Waals surface area (Å²) in [5.41, 5.74) is 12.8. The fraction of sp³-hybridized carbons (Fsp3) is 0.0370. The van der Waals surface area contributed by atoms with Gasteiger partial charge in [0, 0.05) is 49.1 Å². The highest BCUT2D eigenvalue weighted by molar-refractivity contribution is 6.19. The molecule has 0 fully saturated rings. The normalized spacial score (nSPS) is 11.8. The zero-order valence-electron chi connectivity index (χ0n) is 33.4. The molecule has 12 rings (SSSR count). The number of aryl methyl sites for hydroxylation is 2. The Hall–Kier alpha value is -8.34. The maximum absolute atomic E-state index is 8.16. The molecule has 0 aliphatic carbocycles. The van der Waals surface area contributed by atoms with Crippen LogP contribution in [-0.2, 0) is 0 Å². The van der Waals surface area contributed by atoms with Gasteiger partial charge in [0.25, 0.3) is 0 Å². The molecule has 0 unspecified atom stereocenters. The van der Waals surface area contributed by atoms with Gasteiger partial charge in [0.05, 0.1) is 45.4 Å². The van der Waals surface area contributed by atoms with Gasteiger partial charge in [-0.2, -0.15) is 9.97 Å². The summed E-state index contributed by atoms with van der Waals surface area (Å²) in [5.74, 6) is 1.53. The SMILES string of the molecule is [C-]#[N+]c1ccc(-n2c3ccccc3c3cc4c5ccccc5n(-c5ccccc5)c4cc32)c(-c2nc(-c3ccccc3)nc(-n3c4ccc(C)cc4c4cc(C)ccc43)n2)c1. The number of aromatic nitrogens is 6. The summed E-state index contributed by atoms with van der Waals surface area (Å²) in [6.07, 6.45) is 0. The van der Waals surface area contributed by atoms with Crippen LogP contribution in [0.4, 0.5) is 5.69 Å². The lowest BCUT2D eigenvalue weighted by atomic mass is 10.1. The van der Waals surface area contributed by atoms with Crippen LogP contribution in [-0.4, -0.2) is 28.7 Å². The number of fused-ring (bicyclic) bond motifs is 9. The zero-order chi connectivity index (χ0) is 40.8. The van der Waals surface area contributed by atoms with Gasteiger partial charge in [-0.05, 0) is 86.6 Å². The van der Waals surface area contributed by atoms with E-state index < -0.39 is 0 Å². The first-order valence-corrected chi connectivity index (χ1v) is 20.4. The van der Waals surface area contributed by atoms with Crippen molar-refractivity contribution in [1.82, 2.24) is 28.7 Å². The van der Waals surface area contributed by atoms with Crippen LogP contribution < -0.4 is 0 Å². The van der Waals surface area contributed by atoms with E-state index in [1.165, 1.54) is 21.9 Å². The van der Waals surface area contributed by atoms with Crippen molar-refractivity contribution in [2.75, 3.05) is 0 Å². The van der Waals surface area contributed by atoms with E-state index in [1.807, 2.05) is 48.5 Å². The average molecular weight is 782 g/mol. The van der Waals surface area contributed by atoms with Crippen molar-refractivity contribution < 1.29 is 0 Å². The minimum Gasteiger partial charge on any atom is -0.309 e. The summed E-state index contributed by atoms with van der Waals surface area (Å²) in [7, 11) is 0. The maximum Gasteiger partial charge on any atom is 0.238 e. The van der Waals surface area contributed by atoms with E-state index in [0.717, 1.165) is 77.1 Å². The number of benzene rings is 8. The fourth-order valence-electron chi connectivity index (χ4n) is 9.28. The van der Waals surface area contributed by atoms with Crippen LogP contribution in [0.15, 0.2) is 176 Å². The van der Waals surface area contributed by atoms with Crippen molar-refractivity contribution in [2.45, 2.75) is 13.8 Å². The van der Waals surface area contributed by atoms with Crippen LogP contribution in [0.25, 0.3) is 110 Å². The molecule has 0 saturated heterocycles. The highest BCUT2D eigenvalue weighted by Gasteiger charge is 2.23. The first-order chi connectivity index (χ1) is 30.0. The monoisotopic (exact) mass is 781 g/mol. The van der Waals surface area contributed by atoms with E-state index in [0.29, 0.717) is 23.3 Å². The molecule has 0 aliphatic rings. The van der Waals surface area contributed by atoms with Crippen molar-refractivity contribution in [1.29, 1.82) is 0 Å². The molecule has 0 saturated carbocycles. The lowest BCUT2D eigenvalue weighted by Crippen LogP contribution is -2.08. The van der Waals surface area contributed by atoms with E-state index in [-0.39, 0.29) is 0 Å². The van der Waals surface area contributed by atoms with Gasteiger partial charge >= 0.3 is 0 Å². The molecule has 4 aromatic heterocycles. The van der Waals surface area contributed by atoms with Crippen molar-refractivity contribution >= 4 is 71.1 Å². The van der Waals surface area contributed by atoms with Gasteiger partial charge in [0.2, 0.25) is 5.95 Å². The number of rotatable bonds is 5. The standard InChI is InChI=1S/C54H35N7/c1-33-22-25-47-40(28-33)41-29-34(2)23-26-48(41)61(47)54-57-52(35-14-6-4-7-15-35)56-53(58-54)44-30-36(55-3)24-27-49(44)60-46-21-13-11-19-39(46)43-31-42-38-18-10-12-20-45(38)59(50(42)32-51(43)60)37-16-8-5-9-17-37/h4-32H,1-2H3. The van der Waals surface area contributed by atoms with Crippen LogP contribution in [0.1, 0.15) is 11.1 Å². The summed E-state index contributed by atoms with van der Waals surface area (Å²) < 4.78 is 6.82. The van der Waals surface area contributed by atoms with Crippen LogP contribution >= 0.6 is 0 Å². The molecule has 61 heavy (non-hydrogen) atoms. The molecule has 7 heteroatoms. The molecule has 4 heterocycles. The van der Waals surface area contributed by atoms with Gasteiger partial charge in [-0.25, -0.2) is 9.83 Å². The van der Waals surface area contributed by atoms with E-state index in [1.54, 1.807) is 0 Å². The van der Waals surface area contributed by atoms with E-state index in [9.17, 15) is 0 Å². The smallest absolute Gasteiger partial charge is 0.238 e. The first kappa shape index (κ1) is 34.7. The molecule has 12 aromatic rings. The van der Waals surface area contributed by atoms with Crippen LogP contribution in [0.3, 0.4) is 0 Å². The molecule has 286 valence electrons. The quantitative estimate of drug-likeness (QED) is 0.163. The predicted molar refractivity (Wildman–Crippen MR) is 249 cm³/mol. The molecule has 0 amide bonds. The van der Waals surface area contributed by atoms with Crippen LogP contribution in [0.5, 0.6) is 0 Å². The van der Waals surface area contributed by atoms with Gasteiger partial charge in [0.1, 0.15) is 0 Å². The Balaban J connectivity index is 1.18. The molecule has 8 aromatic carbocycles. The Morgan fingerprint density at radius 1 is 0.410 bits per heavy atom. The predicted octanol–water partition coefficient (Wildman–Crippen LogP) is 13.7. The fourth-order valence-corrected chi connectivity index (χ4v) is 9.28. The number of hydrogen-bond donors (Lipinski definition) is 0. The Morgan fingerprint density at radius 3 is 1.61 bits per heavy atom. The van der Waals surface area contributed by atoms with Gasteiger partial charge in [-0.1, -0.05) is 114 Å². The maximum atomic E-state index is 8.16. The number of para-hydroxylation sites is 3. The number of nitrogens with zero attached hydrogens (tertiary/aromatic N) is 7. The van der Waals surface area contributed by atoms with E-state index >= 15 is 0 Å². The lowest BCUT2D eigenvalue weighted by Gasteiger charge is -2.16. The minimum atomic E-state index is 0.476. The summed E-state index contributed by atoms with van der Waals surface area (Å²) in [6, 6.07) is 61.4. The first-order valence-electron chi connectivity index (χ1n) is 20.4. The zero-order valence-corrected chi connectivity index (χ0v) is 33.4. The lowest BCUT2D eigenvalue weighted by molar-refractivity contribution is 0.951. The molecular formula is C54H35N7. The molecule has 0 spiro atoms. The summed E-state index contributed by atoms with van der Waals surface area (Å²) in [5, 5.41) is 6.93. The third-order valence-electron chi connectivity index (χ3n) is 12.0. The van der Waals surface area contributed by atoms with Gasteiger partial charge in [-0.3, -0.25) is 4.57 Å². The highest BCUT2D eigenvalue weighted by atomic mass is 15.2. The van der Waals surface area contributed by atoms with Crippen molar-refractivity contribution in [3.05, 3.63) is 198 Å². The molecule has 7 nitrogen and oxygen atoms in total. The highest BCUT2D eigenvalue weighted by Crippen LogP contribution is 2.42. The van der Waals surface area contributed by atoms with Crippen LogP contribution in [0, 0.1) is 20.4 Å². The van der Waals surface area contributed by atoms with Crippen molar-refractivity contribution in [3.8, 4) is 40.1 Å². The Labute approximate surface area is 350 Å². The second-order valence-electron chi connectivity index (χ2n) is 15.8. The Kier molecular flexibility index (Phi) is 7.59. The van der Waals surface area contributed by atoms with Gasteiger partial charge in [0.15, 0.2) is 17.3 Å². The number of hydrogen-bond acceptors (Lipinski definition) is 3. The molecule has 0 radical (unpaired) electrons. The summed E-state index contributed by atoms with van der Waals surface area (Å²) >= 11 is 0. The minimum absolute atomic E-state index is 0.476. The van der Waals surface area contributed by atoms with Gasteiger partial charge in [-0.15, -0.1) is 0 Å². The topological polar surface area (TPSA) is 57.8 Å². The van der Waals surface area contributed by atoms with E-state index in [4.69, 9.17) is 21.5 Å². The molecule has 0 bridgehead atoms. The largest absolute Gasteiger partial charge is 0.309 e. The second kappa shape index (κ2) is 13.3. The summed E-state index contributed by atoms with van der Waals surface area (Å²) in [6.45, 7) is 12.4.